The molecule has 2 N–H and O–H groups in total. The summed E-state index contributed by atoms with van der Waals surface area (Å²) in [5.41, 5.74) is 0. The maximum atomic E-state index is 10.3. The highest BCUT2D eigenvalue weighted by Gasteiger charge is 2.08. The number of para-hydroxylation sites is 2. The second kappa shape index (κ2) is 6.33. The number of hydrogen-bond donors (Lipinski definition) is 2. The summed E-state index contributed by atoms with van der Waals surface area (Å²) in [6, 6.07) is 6.15. The van der Waals surface area contributed by atoms with E-state index in [0.29, 0.717) is 0 Å². The molecule has 0 aliphatic carbocycles. The summed E-state index contributed by atoms with van der Waals surface area (Å²) in [7, 11) is 0. The summed E-state index contributed by atoms with van der Waals surface area (Å²) in [5, 5.41) is 16.8. The van der Waals surface area contributed by atoms with E-state index < -0.39 is 25.2 Å². The highest BCUT2D eigenvalue weighted by atomic mass is 17.2. The smallest absolute Gasteiger partial charge is 0.341 e. The van der Waals surface area contributed by atoms with Crippen molar-refractivity contribution in [1.82, 2.24) is 0 Å². The van der Waals surface area contributed by atoms with Gasteiger partial charge in [0.15, 0.2) is 19.0 Å². The van der Waals surface area contributed by atoms with E-state index in [-0.39, 0.29) is 11.5 Å². The zero-order chi connectivity index (χ0) is 12.7. The molecule has 0 aliphatic rings. The molecule has 0 amide bonds. The number of benzene rings is 1. The average molecular weight is 242 g/mol. The lowest BCUT2D eigenvalue weighted by atomic mass is 10.3. The maximum Gasteiger partial charge on any atom is 0.341 e. The Morgan fingerprint density at radius 1 is 1.00 bits per heavy atom. The molecule has 0 aliphatic heterocycles. The maximum absolute atomic E-state index is 10.3. The van der Waals surface area contributed by atoms with Gasteiger partial charge >= 0.3 is 11.9 Å². The first-order valence-corrected chi connectivity index (χ1v) is 4.54. The van der Waals surface area contributed by atoms with Crippen molar-refractivity contribution in [2.45, 2.75) is 0 Å². The molecule has 0 heterocycles. The standard InChI is InChI=1S/C10H10O7/c11-9(12)5-15-7-3-1-2-4-8(7)17-16-6-10(13)14/h1-4H,5-6H2,(H,11,12)(H,13,14). The van der Waals surface area contributed by atoms with Gasteiger partial charge in [0.2, 0.25) is 5.75 Å². The van der Waals surface area contributed by atoms with Crippen molar-refractivity contribution in [3.63, 3.8) is 0 Å². The van der Waals surface area contributed by atoms with Crippen LogP contribution in [-0.4, -0.2) is 35.4 Å². The fourth-order valence-corrected chi connectivity index (χ4v) is 0.921. The van der Waals surface area contributed by atoms with E-state index in [2.05, 4.69) is 9.78 Å². The number of ether oxygens (including phenoxy) is 1. The molecule has 92 valence electrons. The Morgan fingerprint density at radius 3 is 2.18 bits per heavy atom. The van der Waals surface area contributed by atoms with Crippen LogP contribution in [0.15, 0.2) is 24.3 Å². The van der Waals surface area contributed by atoms with Gasteiger partial charge in [-0.1, -0.05) is 12.1 Å². The van der Waals surface area contributed by atoms with Crippen molar-refractivity contribution in [2.24, 2.45) is 0 Å². The van der Waals surface area contributed by atoms with Gasteiger partial charge in [0, 0.05) is 0 Å². The van der Waals surface area contributed by atoms with Crippen molar-refractivity contribution in [3.05, 3.63) is 24.3 Å². The molecule has 0 atom stereocenters. The van der Waals surface area contributed by atoms with Crippen molar-refractivity contribution in [1.29, 1.82) is 0 Å². The summed E-state index contributed by atoms with van der Waals surface area (Å²) in [5.74, 6) is -2.06. The van der Waals surface area contributed by atoms with Gasteiger partial charge in [-0.25, -0.2) is 9.59 Å². The molecule has 0 saturated carbocycles. The van der Waals surface area contributed by atoms with Crippen LogP contribution in [0.1, 0.15) is 0 Å². The first-order chi connectivity index (χ1) is 8.09. The zero-order valence-corrected chi connectivity index (χ0v) is 8.66. The van der Waals surface area contributed by atoms with Gasteiger partial charge in [-0.3, -0.25) is 0 Å². The molecule has 0 spiro atoms. The lowest BCUT2D eigenvalue weighted by molar-refractivity contribution is -0.214. The summed E-state index contributed by atoms with van der Waals surface area (Å²) < 4.78 is 4.90. The SMILES string of the molecule is O=C(O)COOc1ccccc1OCC(=O)O. The molecule has 7 nitrogen and oxygen atoms in total. The van der Waals surface area contributed by atoms with Crippen LogP contribution in [0.25, 0.3) is 0 Å². The van der Waals surface area contributed by atoms with Gasteiger partial charge in [0.1, 0.15) is 0 Å². The molecule has 0 aromatic heterocycles. The minimum absolute atomic E-state index is 0.106. The van der Waals surface area contributed by atoms with Gasteiger partial charge in [-0.2, -0.15) is 4.89 Å². The Kier molecular flexibility index (Phi) is 4.77. The lowest BCUT2D eigenvalue weighted by Crippen LogP contribution is -2.12. The number of rotatable bonds is 7. The number of hydrogen-bond acceptors (Lipinski definition) is 5. The highest BCUT2D eigenvalue weighted by Crippen LogP contribution is 2.26. The summed E-state index contributed by atoms with van der Waals surface area (Å²) >= 11 is 0. The van der Waals surface area contributed by atoms with Crippen LogP contribution in [0.4, 0.5) is 0 Å². The third-order valence-electron chi connectivity index (χ3n) is 1.53. The van der Waals surface area contributed by atoms with Crippen LogP contribution in [0.2, 0.25) is 0 Å². The Bertz CT molecular complexity index is 401. The zero-order valence-electron chi connectivity index (χ0n) is 8.66. The molecule has 1 aromatic carbocycles. The van der Waals surface area contributed by atoms with Crippen molar-refractivity contribution in [2.75, 3.05) is 13.2 Å². The van der Waals surface area contributed by atoms with Gasteiger partial charge < -0.3 is 19.8 Å². The molecule has 17 heavy (non-hydrogen) atoms. The van der Waals surface area contributed by atoms with E-state index in [0.717, 1.165) is 0 Å². The molecule has 0 radical (unpaired) electrons. The molecule has 0 unspecified atom stereocenters. The van der Waals surface area contributed by atoms with Gasteiger partial charge in [-0.15, -0.1) is 0 Å². The second-order valence-electron chi connectivity index (χ2n) is 2.87. The number of carboxylic acids is 2. The Balaban J connectivity index is 2.57. The molecule has 0 saturated heterocycles. The van der Waals surface area contributed by atoms with Crippen molar-refractivity contribution < 1.29 is 34.3 Å². The van der Waals surface area contributed by atoms with E-state index >= 15 is 0 Å². The number of carbonyl (C=O) groups is 2. The third kappa shape index (κ3) is 4.85. The highest BCUT2D eigenvalue weighted by molar-refractivity contribution is 5.68. The second-order valence-corrected chi connectivity index (χ2v) is 2.87. The summed E-state index contributed by atoms with van der Waals surface area (Å²) in [4.78, 5) is 29.6. The van der Waals surface area contributed by atoms with Crippen molar-refractivity contribution in [3.8, 4) is 11.5 Å². The molecule has 1 rings (SSSR count). The van der Waals surface area contributed by atoms with E-state index in [4.69, 9.17) is 14.9 Å². The van der Waals surface area contributed by atoms with Crippen LogP contribution >= 0.6 is 0 Å². The molecule has 7 heteroatoms. The van der Waals surface area contributed by atoms with E-state index in [1.54, 1.807) is 12.1 Å². The first kappa shape index (κ1) is 12.8. The fraction of sp³-hybridized carbons (Fsp3) is 0.200. The Labute approximate surface area is 96.1 Å². The van der Waals surface area contributed by atoms with Crippen LogP contribution in [0, 0.1) is 0 Å². The predicted octanol–water partition coefficient (Wildman–Crippen LogP) is 0.545. The van der Waals surface area contributed by atoms with Gasteiger partial charge in [0.25, 0.3) is 0 Å². The predicted molar refractivity (Wildman–Crippen MR) is 53.8 cm³/mol. The van der Waals surface area contributed by atoms with Crippen molar-refractivity contribution >= 4 is 11.9 Å². The normalized spacial score (nSPS) is 9.65. The van der Waals surface area contributed by atoms with Crippen LogP contribution in [0.5, 0.6) is 11.5 Å². The largest absolute Gasteiger partial charge is 0.479 e. The van der Waals surface area contributed by atoms with E-state index in [9.17, 15) is 9.59 Å². The fourth-order valence-electron chi connectivity index (χ4n) is 0.921. The Morgan fingerprint density at radius 2 is 1.59 bits per heavy atom. The number of aliphatic carboxylic acids is 2. The molecule has 0 fully saturated rings. The minimum Gasteiger partial charge on any atom is -0.479 e. The van der Waals surface area contributed by atoms with Gasteiger partial charge in [-0.05, 0) is 12.1 Å². The molecule has 0 bridgehead atoms. The summed E-state index contributed by atoms with van der Waals surface area (Å²) in [6.45, 7) is -1.16. The molecular formula is C10H10O7. The minimum atomic E-state index is -1.19. The van der Waals surface area contributed by atoms with E-state index in [1.165, 1.54) is 12.1 Å². The van der Waals surface area contributed by atoms with Crippen LogP contribution in [0.3, 0.4) is 0 Å². The topological polar surface area (TPSA) is 102 Å². The first-order valence-electron chi connectivity index (χ1n) is 4.54. The summed E-state index contributed by atoms with van der Waals surface area (Å²) in [6.07, 6.45) is 0. The van der Waals surface area contributed by atoms with Crippen LogP contribution in [-0.2, 0) is 14.5 Å². The molecular weight excluding hydrogens is 232 g/mol. The quantitative estimate of drug-likeness (QED) is 0.531. The lowest BCUT2D eigenvalue weighted by Gasteiger charge is -2.08. The number of carboxylic acid groups (broad SMARTS) is 2. The third-order valence-corrected chi connectivity index (χ3v) is 1.53. The van der Waals surface area contributed by atoms with E-state index in [1.807, 2.05) is 0 Å². The van der Waals surface area contributed by atoms with Gasteiger partial charge in [0.05, 0.1) is 0 Å². The molecule has 1 aromatic rings. The van der Waals surface area contributed by atoms with Crippen LogP contribution < -0.4 is 9.62 Å². The monoisotopic (exact) mass is 242 g/mol. The average Bonchev–Trinajstić information content (AvgIpc) is 2.27. The Hall–Kier alpha value is -2.28.